The molecule has 0 fully saturated rings. The lowest BCUT2D eigenvalue weighted by Gasteiger charge is -2.19. The van der Waals surface area contributed by atoms with E-state index >= 15 is 0 Å². The van der Waals surface area contributed by atoms with E-state index in [1.54, 1.807) is 0 Å². The Morgan fingerprint density at radius 1 is 1.24 bits per heavy atom. The minimum atomic E-state index is 0.150. The van der Waals surface area contributed by atoms with Gasteiger partial charge in [0.15, 0.2) is 0 Å². The molecule has 114 valence electrons. The Hall–Kier alpha value is -0.350. The first-order chi connectivity index (χ1) is 9.82. The quantitative estimate of drug-likeness (QED) is 0.663. The predicted octanol–water partition coefficient (Wildman–Crippen LogP) is 6.16. The van der Waals surface area contributed by atoms with E-state index in [-0.39, 0.29) is 11.5 Å². The molecule has 2 aromatic rings. The van der Waals surface area contributed by atoms with Crippen molar-refractivity contribution >= 4 is 38.9 Å². The maximum absolute atomic E-state index is 6.44. The maximum atomic E-state index is 6.44. The van der Waals surface area contributed by atoms with Gasteiger partial charge in [0.05, 0.1) is 6.04 Å². The smallest absolute Gasteiger partial charge is 0.0685 e. The summed E-state index contributed by atoms with van der Waals surface area (Å²) in [4.78, 5) is 2.71. The van der Waals surface area contributed by atoms with Crippen LogP contribution in [-0.2, 0) is 5.41 Å². The monoisotopic (exact) mass is 385 g/mol. The fourth-order valence-corrected chi connectivity index (χ4v) is 4.16. The summed E-state index contributed by atoms with van der Waals surface area (Å²) in [5.41, 5.74) is 1.31. The molecule has 0 bridgehead atoms. The largest absolute Gasteiger partial charge is 0.306 e. The summed E-state index contributed by atoms with van der Waals surface area (Å²) in [6.07, 6.45) is 0. The number of rotatable bonds is 4. The van der Waals surface area contributed by atoms with Crippen molar-refractivity contribution in [2.24, 2.45) is 0 Å². The van der Waals surface area contributed by atoms with Gasteiger partial charge in [0, 0.05) is 19.2 Å². The molecule has 1 aromatic carbocycles. The molecule has 0 amide bonds. The van der Waals surface area contributed by atoms with Gasteiger partial charge in [-0.1, -0.05) is 61.3 Å². The minimum absolute atomic E-state index is 0.150. The highest BCUT2D eigenvalue weighted by atomic mass is 79.9. The van der Waals surface area contributed by atoms with Crippen molar-refractivity contribution in [3.63, 3.8) is 0 Å². The molecular weight excluding hydrogens is 366 g/mol. The van der Waals surface area contributed by atoms with E-state index in [1.165, 1.54) is 9.75 Å². The molecule has 0 saturated heterocycles. The fraction of sp³-hybridized carbons (Fsp3) is 0.412. The summed E-state index contributed by atoms with van der Waals surface area (Å²) in [7, 11) is 0. The standard InChI is InChI=1S/C17H21BrClNS/c1-5-20-16(12-7-6-11(18)10-13(12)19)14-8-9-15(21-14)17(2,3)4/h6-10,16,20H,5H2,1-4H3. The first kappa shape index (κ1) is 17.0. The van der Waals surface area contributed by atoms with Crippen LogP contribution in [0.5, 0.6) is 0 Å². The summed E-state index contributed by atoms with van der Waals surface area (Å²) >= 11 is 11.8. The van der Waals surface area contributed by atoms with E-state index in [2.05, 4.69) is 67.1 Å². The molecule has 0 aliphatic rings. The first-order valence-electron chi connectivity index (χ1n) is 7.11. The summed E-state index contributed by atoms with van der Waals surface area (Å²) in [5, 5.41) is 4.34. The lowest BCUT2D eigenvalue weighted by molar-refractivity contribution is 0.604. The molecule has 0 saturated carbocycles. The van der Waals surface area contributed by atoms with Crippen molar-refractivity contribution in [3.8, 4) is 0 Å². The van der Waals surface area contributed by atoms with Crippen LogP contribution < -0.4 is 5.32 Å². The van der Waals surface area contributed by atoms with Gasteiger partial charge in [-0.05, 0) is 41.8 Å². The van der Waals surface area contributed by atoms with Gasteiger partial charge < -0.3 is 5.32 Å². The molecular formula is C17H21BrClNS. The molecule has 0 spiro atoms. The molecule has 1 heterocycles. The number of halogens is 2. The van der Waals surface area contributed by atoms with Gasteiger partial charge in [-0.25, -0.2) is 0 Å². The van der Waals surface area contributed by atoms with E-state index in [0.29, 0.717) is 0 Å². The molecule has 0 radical (unpaired) electrons. The summed E-state index contributed by atoms with van der Waals surface area (Å²) in [6.45, 7) is 9.77. The van der Waals surface area contributed by atoms with E-state index in [0.717, 1.165) is 21.6 Å². The summed E-state index contributed by atoms with van der Waals surface area (Å²) < 4.78 is 1.01. The average Bonchev–Trinajstić information content (AvgIpc) is 2.86. The summed E-state index contributed by atoms with van der Waals surface area (Å²) in [6, 6.07) is 10.7. The van der Waals surface area contributed by atoms with Gasteiger partial charge in [0.1, 0.15) is 0 Å². The Morgan fingerprint density at radius 3 is 2.48 bits per heavy atom. The predicted molar refractivity (Wildman–Crippen MR) is 97.7 cm³/mol. The molecule has 0 aliphatic heterocycles. The minimum Gasteiger partial charge on any atom is -0.306 e. The normalized spacial score (nSPS) is 13.4. The van der Waals surface area contributed by atoms with Crippen LogP contribution in [0.15, 0.2) is 34.8 Å². The maximum Gasteiger partial charge on any atom is 0.0685 e. The van der Waals surface area contributed by atoms with Crippen molar-refractivity contribution in [1.29, 1.82) is 0 Å². The highest BCUT2D eigenvalue weighted by Gasteiger charge is 2.22. The zero-order valence-electron chi connectivity index (χ0n) is 12.8. The van der Waals surface area contributed by atoms with E-state index in [4.69, 9.17) is 11.6 Å². The fourth-order valence-electron chi connectivity index (χ4n) is 2.21. The number of nitrogens with one attached hydrogen (secondary N) is 1. The van der Waals surface area contributed by atoms with Crippen molar-refractivity contribution in [2.45, 2.75) is 39.2 Å². The van der Waals surface area contributed by atoms with Gasteiger partial charge in [0.2, 0.25) is 0 Å². The van der Waals surface area contributed by atoms with Crippen LogP contribution in [0.3, 0.4) is 0 Å². The van der Waals surface area contributed by atoms with Crippen LogP contribution in [0.2, 0.25) is 5.02 Å². The second-order valence-electron chi connectivity index (χ2n) is 6.11. The van der Waals surface area contributed by atoms with Crippen LogP contribution in [0, 0.1) is 0 Å². The third kappa shape index (κ3) is 4.10. The Labute approximate surface area is 144 Å². The zero-order chi connectivity index (χ0) is 15.6. The topological polar surface area (TPSA) is 12.0 Å². The molecule has 1 unspecified atom stereocenters. The van der Waals surface area contributed by atoms with Crippen molar-refractivity contribution in [2.75, 3.05) is 6.54 Å². The lowest BCUT2D eigenvalue weighted by atomic mass is 9.95. The SMILES string of the molecule is CCNC(c1ccc(C(C)(C)C)s1)c1ccc(Br)cc1Cl. The van der Waals surface area contributed by atoms with Gasteiger partial charge >= 0.3 is 0 Å². The third-order valence-electron chi connectivity index (χ3n) is 3.33. The van der Waals surface area contributed by atoms with Crippen LogP contribution in [-0.4, -0.2) is 6.54 Å². The highest BCUT2D eigenvalue weighted by molar-refractivity contribution is 9.10. The van der Waals surface area contributed by atoms with Crippen LogP contribution in [0.4, 0.5) is 0 Å². The van der Waals surface area contributed by atoms with E-state index in [9.17, 15) is 0 Å². The average molecular weight is 387 g/mol. The molecule has 0 aliphatic carbocycles. The molecule has 1 nitrogen and oxygen atoms in total. The second-order valence-corrected chi connectivity index (χ2v) is 8.55. The molecule has 1 N–H and O–H groups in total. The molecule has 1 atom stereocenters. The van der Waals surface area contributed by atoms with Gasteiger partial charge in [0.25, 0.3) is 0 Å². The zero-order valence-corrected chi connectivity index (χ0v) is 16.0. The summed E-state index contributed by atoms with van der Waals surface area (Å²) in [5.74, 6) is 0. The van der Waals surface area contributed by atoms with Gasteiger partial charge in [-0.15, -0.1) is 11.3 Å². The Morgan fingerprint density at radius 2 is 1.95 bits per heavy atom. The number of benzene rings is 1. The number of thiophene rings is 1. The van der Waals surface area contributed by atoms with E-state index < -0.39 is 0 Å². The molecule has 2 rings (SSSR count). The molecule has 21 heavy (non-hydrogen) atoms. The Bertz CT molecular complexity index is 615. The second kappa shape index (κ2) is 6.82. The van der Waals surface area contributed by atoms with Crippen molar-refractivity contribution in [3.05, 3.63) is 55.1 Å². The third-order valence-corrected chi connectivity index (χ3v) is 5.73. The highest BCUT2D eigenvalue weighted by Crippen LogP contribution is 2.37. The lowest BCUT2D eigenvalue weighted by Crippen LogP contribution is -2.21. The number of hydrogen-bond donors (Lipinski definition) is 1. The van der Waals surface area contributed by atoms with Crippen molar-refractivity contribution < 1.29 is 0 Å². The van der Waals surface area contributed by atoms with Crippen LogP contribution >= 0.6 is 38.9 Å². The Kier molecular flexibility index (Phi) is 5.53. The van der Waals surface area contributed by atoms with Crippen molar-refractivity contribution in [1.82, 2.24) is 5.32 Å². The van der Waals surface area contributed by atoms with Gasteiger partial charge in [-0.3, -0.25) is 0 Å². The molecule has 1 aromatic heterocycles. The first-order valence-corrected chi connectivity index (χ1v) is 9.10. The van der Waals surface area contributed by atoms with Crippen LogP contribution in [0.25, 0.3) is 0 Å². The van der Waals surface area contributed by atoms with Gasteiger partial charge in [-0.2, -0.15) is 0 Å². The Balaban J connectivity index is 2.41. The van der Waals surface area contributed by atoms with Crippen LogP contribution in [0.1, 0.15) is 49.1 Å². The van der Waals surface area contributed by atoms with E-state index in [1.807, 2.05) is 23.5 Å². The number of hydrogen-bond acceptors (Lipinski definition) is 2. The molecule has 4 heteroatoms.